The Bertz CT molecular complexity index is 1340. The van der Waals surface area contributed by atoms with Crippen LogP contribution in [0.25, 0.3) is 11.2 Å². The monoisotopic (exact) mass is 560 g/mol. The molecule has 1 amide bonds. The molecule has 39 heavy (non-hydrogen) atoms. The van der Waals surface area contributed by atoms with Crippen LogP contribution in [0.1, 0.15) is 51.1 Å². The first-order chi connectivity index (χ1) is 18.7. The van der Waals surface area contributed by atoms with E-state index in [1.54, 1.807) is 0 Å². The number of aromatic hydroxyl groups is 1. The van der Waals surface area contributed by atoms with Crippen molar-refractivity contribution in [2.24, 2.45) is 5.92 Å². The number of aliphatic hydroxyl groups is 2. The molecule has 5 N–H and O–H groups in total. The minimum atomic E-state index is -1.40. The third-order valence-corrected chi connectivity index (χ3v) is 7.64. The van der Waals surface area contributed by atoms with E-state index in [2.05, 4.69) is 44.8 Å². The van der Waals surface area contributed by atoms with Gasteiger partial charge in [0.25, 0.3) is 5.69 Å². The highest BCUT2D eigenvalue weighted by molar-refractivity contribution is 7.99. The molecule has 2 heterocycles. The molecule has 3 aromatic rings. The molecular weight excluding hydrogens is 528 g/mol. The van der Waals surface area contributed by atoms with Gasteiger partial charge in [0.05, 0.1) is 23.0 Å². The highest BCUT2D eigenvalue weighted by Gasteiger charge is 2.47. The summed E-state index contributed by atoms with van der Waals surface area (Å²) in [6.45, 7) is 4.64. The van der Waals surface area contributed by atoms with Crippen molar-refractivity contribution in [3.63, 3.8) is 0 Å². The summed E-state index contributed by atoms with van der Waals surface area (Å²) in [6.07, 6.45) is 0.201. The van der Waals surface area contributed by atoms with Crippen LogP contribution in [-0.4, -0.2) is 75.6 Å². The number of unbranched alkanes of at least 4 members (excludes halogenated alkanes) is 1. The third-order valence-electron chi connectivity index (χ3n) is 6.59. The van der Waals surface area contributed by atoms with Crippen LogP contribution in [0.15, 0.2) is 23.4 Å². The Hall–Kier alpha value is -3.56. The molecule has 1 saturated carbocycles. The van der Waals surface area contributed by atoms with E-state index in [-0.39, 0.29) is 30.0 Å². The molecule has 15 heteroatoms. The molecule has 1 fully saturated rings. The van der Waals surface area contributed by atoms with Crippen LogP contribution in [-0.2, 0) is 11.3 Å². The van der Waals surface area contributed by atoms with Gasteiger partial charge in [0.2, 0.25) is 5.91 Å². The summed E-state index contributed by atoms with van der Waals surface area (Å²) in [6, 6.07) is 2.72. The molecule has 3 unspecified atom stereocenters. The molecule has 2 aromatic heterocycles. The Kier molecular flexibility index (Phi) is 9.14. The standard InChI is InChI=1S/C24H32N8O6S/c1-3-5-8-25-21-18-22(28-24(27-21)39-9-4-2)31(30-29-18)16-11-15(19(34)20(16)35)23(36)26-12-13-10-14(32(37)38)6-7-17(13)33/h6-7,10,15-16,19-20,33-35H,3-5,8-9,11-12H2,1-2H3,(H,26,36)(H,25,27,28)/t15-,16?,19?,20?/m0/s1. The van der Waals surface area contributed by atoms with Gasteiger partial charge in [-0.1, -0.05) is 37.2 Å². The predicted molar refractivity (Wildman–Crippen MR) is 143 cm³/mol. The first-order valence-corrected chi connectivity index (χ1v) is 13.8. The van der Waals surface area contributed by atoms with Crippen molar-refractivity contribution in [2.45, 2.75) is 69.5 Å². The lowest BCUT2D eigenvalue weighted by Gasteiger charge is -2.17. The lowest BCUT2D eigenvalue weighted by molar-refractivity contribution is -0.384. The Balaban J connectivity index is 1.55. The molecule has 14 nitrogen and oxygen atoms in total. The number of thioether (sulfide) groups is 1. The Morgan fingerprint density at radius 2 is 2.03 bits per heavy atom. The molecule has 1 aliphatic rings. The van der Waals surface area contributed by atoms with E-state index in [4.69, 9.17) is 0 Å². The summed E-state index contributed by atoms with van der Waals surface area (Å²) in [5, 5.41) is 57.6. The largest absolute Gasteiger partial charge is 0.508 e. The second kappa shape index (κ2) is 12.5. The van der Waals surface area contributed by atoms with Crippen LogP contribution in [0.4, 0.5) is 11.5 Å². The predicted octanol–water partition coefficient (Wildman–Crippen LogP) is 2.15. The van der Waals surface area contributed by atoms with Gasteiger partial charge in [-0.2, -0.15) is 0 Å². The van der Waals surface area contributed by atoms with Crippen LogP contribution >= 0.6 is 11.8 Å². The van der Waals surface area contributed by atoms with Crippen molar-refractivity contribution in [3.8, 4) is 5.75 Å². The van der Waals surface area contributed by atoms with Crippen molar-refractivity contribution in [1.29, 1.82) is 0 Å². The van der Waals surface area contributed by atoms with E-state index in [0.717, 1.165) is 31.1 Å². The van der Waals surface area contributed by atoms with Crippen LogP contribution in [0.2, 0.25) is 0 Å². The van der Waals surface area contributed by atoms with Gasteiger partial charge >= 0.3 is 0 Å². The minimum Gasteiger partial charge on any atom is -0.508 e. The summed E-state index contributed by atoms with van der Waals surface area (Å²) >= 11 is 1.49. The molecule has 1 aliphatic carbocycles. The summed E-state index contributed by atoms with van der Waals surface area (Å²) in [4.78, 5) is 32.6. The van der Waals surface area contributed by atoms with Crippen molar-refractivity contribution in [3.05, 3.63) is 33.9 Å². The maximum atomic E-state index is 13.0. The highest BCUT2D eigenvalue weighted by atomic mass is 32.2. The Morgan fingerprint density at radius 3 is 2.74 bits per heavy atom. The van der Waals surface area contributed by atoms with Crippen molar-refractivity contribution in [1.82, 2.24) is 30.3 Å². The minimum absolute atomic E-state index is 0.0492. The van der Waals surface area contributed by atoms with Gasteiger partial charge < -0.3 is 26.0 Å². The smallest absolute Gasteiger partial charge is 0.270 e. The van der Waals surface area contributed by atoms with Gasteiger partial charge in [0, 0.05) is 36.5 Å². The van der Waals surface area contributed by atoms with E-state index in [1.165, 1.54) is 28.6 Å². The average molecular weight is 561 g/mol. The number of aliphatic hydroxyl groups excluding tert-OH is 2. The molecule has 4 atom stereocenters. The third kappa shape index (κ3) is 6.20. The number of hydrogen-bond donors (Lipinski definition) is 5. The van der Waals surface area contributed by atoms with Crippen LogP contribution in [0.5, 0.6) is 5.75 Å². The van der Waals surface area contributed by atoms with Crippen molar-refractivity contribution < 1.29 is 25.0 Å². The summed E-state index contributed by atoms with van der Waals surface area (Å²) in [5.74, 6) is -0.426. The second-order valence-electron chi connectivity index (χ2n) is 9.37. The maximum absolute atomic E-state index is 13.0. The van der Waals surface area contributed by atoms with Crippen molar-refractivity contribution in [2.75, 3.05) is 17.6 Å². The van der Waals surface area contributed by atoms with E-state index >= 15 is 0 Å². The van der Waals surface area contributed by atoms with Crippen LogP contribution in [0.3, 0.4) is 0 Å². The molecular formula is C24H32N8O6S. The topological polar surface area (TPSA) is 201 Å². The Labute approximate surface area is 228 Å². The normalized spacial score (nSPS) is 20.8. The number of non-ortho nitro benzene ring substituents is 1. The number of nitro groups is 1. The second-order valence-corrected chi connectivity index (χ2v) is 10.4. The van der Waals surface area contributed by atoms with E-state index in [9.17, 15) is 30.2 Å². The molecule has 1 aromatic carbocycles. The van der Waals surface area contributed by atoms with Crippen LogP contribution in [0, 0.1) is 16.0 Å². The van der Waals surface area contributed by atoms with Gasteiger partial charge in [-0.25, -0.2) is 14.6 Å². The van der Waals surface area contributed by atoms with Gasteiger partial charge in [-0.15, -0.1) is 5.10 Å². The molecule has 4 rings (SSSR count). The molecule has 0 radical (unpaired) electrons. The quantitative estimate of drug-likeness (QED) is 0.0711. The number of carbonyl (C=O) groups is 1. The number of phenolic OH excluding ortho intramolecular Hbond substituents is 1. The average Bonchev–Trinajstić information content (AvgIpc) is 3.47. The van der Waals surface area contributed by atoms with Gasteiger partial charge in [0.15, 0.2) is 22.1 Å². The number of rotatable bonds is 12. The number of anilines is 1. The van der Waals surface area contributed by atoms with Gasteiger partial charge in [-0.05, 0) is 25.3 Å². The number of fused-ring (bicyclic) bond motifs is 1. The fraction of sp³-hybridized carbons (Fsp3) is 0.542. The molecule has 0 bridgehead atoms. The van der Waals surface area contributed by atoms with Crippen molar-refractivity contribution >= 4 is 40.3 Å². The Morgan fingerprint density at radius 1 is 1.23 bits per heavy atom. The molecule has 0 saturated heterocycles. The van der Waals surface area contributed by atoms with E-state index < -0.39 is 35.0 Å². The number of nitro benzene ring substituents is 1. The fourth-order valence-corrected chi connectivity index (χ4v) is 5.14. The lowest BCUT2D eigenvalue weighted by Crippen LogP contribution is -2.38. The first kappa shape index (κ1) is 28.4. The maximum Gasteiger partial charge on any atom is 0.270 e. The number of amides is 1. The summed E-state index contributed by atoms with van der Waals surface area (Å²) in [7, 11) is 0. The van der Waals surface area contributed by atoms with Gasteiger partial charge in [0.1, 0.15) is 11.9 Å². The summed E-state index contributed by atoms with van der Waals surface area (Å²) in [5.41, 5.74) is 0.749. The molecule has 0 aliphatic heterocycles. The number of nitrogens with one attached hydrogen (secondary N) is 2. The zero-order valence-corrected chi connectivity index (χ0v) is 22.5. The molecule has 210 valence electrons. The SMILES string of the molecule is CCCCNc1nc(SCCC)nc2c1nnn2C1C[C@H](C(=O)NCc2cc([N+](=O)[O-])ccc2O)C(O)C1O. The zero-order valence-electron chi connectivity index (χ0n) is 21.6. The number of aromatic nitrogens is 5. The number of nitrogens with zero attached hydrogens (tertiary/aromatic N) is 6. The van der Waals surface area contributed by atoms with E-state index in [1.807, 2.05) is 0 Å². The van der Waals surface area contributed by atoms with Crippen LogP contribution < -0.4 is 10.6 Å². The van der Waals surface area contributed by atoms with Gasteiger partial charge in [-0.3, -0.25) is 14.9 Å². The number of carbonyl (C=O) groups excluding carboxylic acids is 1. The fourth-order valence-electron chi connectivity index (χ4n) is 4.45. The highest BCUT2D eigenvalue weighted by Crippen LogP contribution is 2.37. The number of phenols is 1. The lowest BCUT2D eigenvalue weighted by atomic mass is 10.0. The number of benzene rings is 1. The first-order valence-electron chi connectivity index (χ1n) is 12.8. The summed E-state index contributed by atoms with van der Waals surface area (Å²) < 4.78 is 1.44. The number of hydrogen-bond acceptors (Lipinski definition) is 12. The molecule has 0 spiro atoms. The van der Waals surface area contributed by atoms with E-state index in [0.29, 0.717) is 28.7 Å². The zero-order chi connectivity index (χ0) is 28.1.